The van der Waals surface area contributed by atoms with Gasteiger partial charge in [-0.2, -0.15) is 0 Å². The Balaban J connectivity index is 1.85. The highest BCUT2D eigenvalue weighted by Crippen LogP contribution is 2.14. The zero-order chi connectivity index (χ0) is 14.5. The lowest BCUT2D eigenvalue weighted by Crippen LogP contribution is -2.32. The number of aliphatic hydroxyl groups is 1. The second-order valence-corrected chi connectivity index (χ2v) is 4.33. The minimum atomic E-state index is -0.925. The number of halogens is 1. The maximum Gasteiger partial charge on any atom is 0.319 e. The van der Waals surface area contributed by atoms with Gasteiger partial charge in [0, 0.05) is 5.69 Å². The fourth-order valence-electron chi connectivity index (χ4n) is 1.62. The molecule has 5 nitrogen and oxygen atoms in total. The van der Waals surface area contributed by atoms with Crippen molar-refractivity contribution in [3.05, 3.63) is 53.7 Å². The first-order valence-electron chi connectivity index (χ1n) is 6.08. The Morgan fingerprint density at radius 1 is 1.45 bits per heavy atom. The number of nitrogens with one attached hydrogen (secondary N) is 2. The van der Waals surface area contributed by atoms with Crippen LogP contribution < -0.4 is 10.6 Å². The summed E-state index contributed by atoms with van der Waals surface area (Å²) in [7, 11) is 0. The molecule has 1 heterocycles. The molecule has 6 heteroatoms. The molecular weight excluding hydrogens is 263 g/mol. The standard InChI is InChI=1S/C14H15FN2O3/c1-9-4-5-10(7-11(9)15)17-14(19)16-8-12(18)13-3-2-6-20-13/h2-7,12,18H,8H2,1H3,(H2,16,17,19). The zero-order valence-corrected chi connectivity index (χ0v) is 10.9. The summed E-state index contributed by atoms with van der Waals surface area (Å²) in [6.45, 7) is 1.63. The van der Waals surface area contributed by atoms with Gasteiger partial charge in [0.15, 0.2) is 0 Å². The molecular formula is C14H15FN2O3. The molecule has 1 aromatic heterocycles. The monoisotopic (exact) mass is 278 g/mol. The van der Waals surface area contributed by atoms with Gasteiger partial charge in [-0.05, 0) is 36.8 Å². The molecule has 106 valence electrons. The predicted octanol–water partition coefficient (Wildman–Crippen LogP) is 2.58. The molecule has 1 atom stereocenters. The Bertz CT molecular complexity index is 584. The van der Waals surface area contributed by atoms with Gasteiger partial charge >= 0.3 is 6.03 Å². The first-order chi connectivity index (χ1) is 9.56. The van der Waals surface area contributed by atoms with E-state index in [1.54, 1.807) is 31.2 Å². The third-order valence-electron chi connectivity index (χ3n) is 2.76. The van der Waals surface area contributed by atoms with Gasteiger partial charge in [-0.3, -0.25) is 0 Å². The molecule has 0 saturated heterocycles. The Morgan fingerprint density at radius 3 is 2.90 bits per heavy atom. The third-order valence-corrected chi connectivity index (χ3v) is 2.76. The van der Waals surface area contributed by atoms with E-state index >= 15 is 0 Å². The molecule has 0 aliphatic rings. The molecule has 0 spiro atoms. The van der Waals surface area contributed by atoms with Gasteiger partial charge in [0.2, 0.25) is 0 Å². The molecule has 2 aromatic rings. The Hall–Kier alpha value is -2.34. The number of hydrogen-bond acceptors (Lipinski definition) is 3. The van der Waals surface area contributed by atoms with E-state index in [9.17, 15) is 14.3 Å². The van der Waals surface area contributed by atoms with Crippen molar-refractivity contribution in [2.45, 2.75) is 13.0 Å². The summed E-state index contributed by atoms with van der Waals surface area (Å²) >= 11 is 0. The number of benzene rings is 1. The summed E-state index contributed by atoms with van der Waals surface area (Å²) in [5, 5.41) is 14.7. The first kappa shape index (κ1) is 14.1. The van der Waals surface area contributed by atoms with Crippen LogP contribution in [0.25, 0.3) is 0 Å². The number of amides is 2. The Kier molecular flexibility index (Phi) is 4.37. The molecule has 20 heavy (non-hydrogen) atoms. The summed E-state index contributed by atoms with van der Waals surface area (Å²) in [5.41, 5.74) is 0.849. The molecule has 0 aliphatic carbocycles. The highest BCUT2D eigenvalue weighted by molar-refractivity contribution is 5.89. The molecule has 0 radical (unpaired) electrons. The van der Waals surface area contributed by atoms with Gasteiger partial charge in [-0.1, -0.05) is 6.07 Å². The van der Waals surface area contributed by atoms with Crippen LogP contribution in [-0.4, -0.2) is 17.7 Å². The average molecular weight is 278 g/mol. The van der Waals surface area contributed by atoms with E-state index < -0.39 is 18.0 Å². The van der Waals surface area contributed by atoms with Crippen LogP contribution in [0.4, 0.5) is 14.9 Å². The average Bonchev–Trinajstić information content (AvgIpc) is 2.94. The molecule has 0 aliphatic heterocycles. The van der Waals surface area contributed by atoms with Crippen molar-refractivity contribution in [1.82, 2.24) is 5.32 Å². The van der Waals surface area contributed by atoms with Gasteiger partial charge in [0.25, 0.3) is 0 Å². The predicted molar refractivity (Wildman–Crippen MR) is 71.8 cm³/mol. The Morgan fingerprint density at radius 2 is 2.25 bits per heavy atom. The lowest BCUT2D eigenvalue weighted by molar-refractivity contribution is 0.149. The van der Waals surface area contributed by atoms with Crippen molar-refractivity contribution in [2.75, 3.05) is 11.9 Å². The SMILES string of the molecule is Cc1ccc(NC(=O)NCC(O)c2ccco2)cc1F. The van der Waals surface area contributed by atoms with E-state index in [4.69, 9.17) is 4.42 Å². The number of urea groups is 1. The topological polar surface area (TPSA) is 74.5 Å². The van der Waals surface area contributed by atoms with Crippen molar-refractivity contribution in [2.24, 2.45) is 0 Å². The van der Waals surface area contributed by atoms with E-state index in [0.29, 0.717) is 17.0 Å². The normalized spacial score (nSPS) is 11.9. The molecule has 2 amide bonds. The maximum absolute atomic E-state index is 13.3. The Labute approximate surface area is 115 Å². The molecule has 0 bridgehead atoms. The number of carbonyl (C=O) groups excluding carboxylic acids is 1. The lowest BCUT2D eigenvalue weighted by Gasteiger charge is -2.11. The van der Waals surface area contributed by atoms with Gasteiger partial charge < -0.3 is 20.2 Å². The van der Waals surface area contributed by atoms with Crippen LogP contribution in [0.5, 0.6) is 0 Å². The largest absolute Gasteiger partial charge is 0.467 e. The van der Waals surface area contributed by atoms with Crippen LogP contribution in [0, 0.1) is 12.7 Å². The molecule has 3 N–H and O–H groups in total. The summed E-state index contributed by atoms with van der Waals surface area (Å²) in [4.78, 5) is 11.6. The van der Waals surface area contributed by atoms with Crippen molar-refractivity contribution < 1.29 is 18.7 Å². The molecule has 1 unspecified atom stereocenters. The van der Waals surface area contributed by atoms with Crippen LogP contribution >= 0.6 is 0 Å². The lowest BCUT2D eigenvalue weighted by atomic mass is 10.2. The van der Waals surface area contributed by atoms with Crippen LogP contribution in [0.1, 0.15) is 17.4 Å². The van der Waals surface area contributed by atoms with E-state index in [-0.39, 0.29) is 6.54 Å². The van der Waals surface area contributed by atoms with Gasteiger partial charge in [0.05, 0.1) is 12.8 Å². The summed E-state index contributed by atoms with van der Waals surface area (Å²) in [6.07, 6.45) is 0.513. The first-order valence-corrected chi connectivity index (χ1v) is 6.08. The minimum absolute atomic E-state index is 0.00626. The second-order valence-electron chi connectivity index (χ2n) is 4.33. The van der Waals surface area contributed by atoms with Crippen molar-refractivity contribution >= 4 is 11.7 Å². The highest BCUT2D eigenvalue weighted by atomic mass is 19.1. The van der Waals surface area contributed by atoms with Gasteiger partial charge in [-0.25, -0.2) is 9.18 Å². The number of hydrogen-bond donors (Lipinski definition) is 3. The van der Waals surface area contributed by atoms with Gasteiger partial charge in [0.1, 0.15) is 17.7 Å². The van der Waals surface area contributed by atoms with E-state index in [1.807, 2.05) is 0 Å². The number of rotatable bonds is 4. The number of aliphatic hydroxyl groups excluding tert-OH is 1. The molecule has 2 rings (SSSR count). The van der Waals surface area contributed by atoms with Crippen molar-refractivity contribution in [3.8, 4) is 0 Å². The highest BCUT2D eigenvalue weighted by Gasteiger charge is 2.12. The quantitative estimate of drug-likeness (QED) is 0.804. The fourth-order valence-corrected chi connectivity index (χ4v) is 1.62. The third kappa shape index (κ3) is 3.58. The minimum Gasteiger partial charge on any atom is -0.467 e. The van der Waals surface area contributed by atoms with E-state index in [2.05, 4.69) is 10.6 Å². The summed E-state index contributed by atoms with van der Waals surface area (Å²) < 4.78 is 18.3. The number of anilines is 1. The smallest absolute Gasteiger partial charge is 0.319 e. The second kappa shape index (κ2) is 6.21. The van der Waals surface area contributed by atoms with Crippen LogP contribution in [0.15, 0.2) is 41.0 Å². The number of carbonyl (C=O) groups is 1. The zero-order valence-electron chi connectivity index (χ0n) is 10.9. The van der Waals surface area contributed by atoms with E-state index in [0.717, 1.165) is 0 Å². The van der Waals surface area contributed by atoms with Gasteiger partial charge in [-0.15, -0.1) is 0 Å². The van der Waals surface area contributed by atoms with Crippen LogP contribution in [-0.2, 0) is 0 Å². The van der Waals surface area contributed by atoms with Crippen LogP contribution in [0.2, 0.25) is 0 Å². The number of aryl methyl sites for hydroxylation is 1. The molecule has 0 fully saturated rings. The molecule has 1 aromatic carbocycles. The number of furan rings is 1. The maximum atomic E-state index is 13.3. The summed E-state index contributed by atoms with van der Waals surface area (Å²) in [6, 6.07) is 7.13. The van der Waals surface area contributed by atoms with Crippen molar-refractivity contribution in [3.63, 3.8) is 0 Å². The fraction of sp³-hybridized carbons (Fsp3) is 0.214. The molecule has 0 saturated carbocycles. The summed E-state index contributed by atoms with van der Waals surface area (Å²) in [5.74, 6) is -0.0231. The van der Waals surface area contributed by atoms with E-state index in [1.165, 1.54) is 12.3 Å². The van der Waals surface area contributed by atoms with Crippen molar-refractivity contribution in [1.29, 1.82) is 0 Å². The van der Waals surface area contributed by atoms with Crippen LogP contribution in [0.3, 0.4) is 0 Å².